The molecule has 1 saturated heterocycles. The van der Waals surface area contributed by atoms with E-state index in [-0.39, 0.29) is 18.7 Å². The van der Waals surface area contributed by atoms with Gasteiger partial charge in [-0.2, -0.15) is 0 Å². The molecule has 1 fully saturated rings. The largest absolute Gasteiger partial charge is 0.480 e. The van der Waals surface area contributed by atoms with Gasteiger partial charge in [-0.25, -0.2) is 4.79 Å². The topological polar surface area (TPSA) is 231 Å². The Bertz CT molecular complexity index is 717. The molecule has 0 aromatic carbocycles. The maximum atomic E-state index is 12.9. The third-order valence-electron chi connectivity index (χ3n) is 5.48. The second kappa shape index (κ2) is 13.7. The lowest BCUT2D eigenvalue weighted by Gasteiger charge is -2.29. The average Bonchev–Trinajstić information content (AvgIpc) is 3.23. The van der Waals surface area contributed by atoms with Gasteiger partial charge in [0.1, 0.15) is 12.1 Å². The summed E-state index contributed by atoms with van der Waals surface area (Å²) in [6.07, 6.45) is 0.942. The first-order chi connectivity index (χ1) is 15.5. The molecule has 188 valence electrons. The van der Waals surface area contributed by atoms with Crippen LogP contribution in [0.15, 0.2) is 0 Å². The molecule has 5 unspecified atom stereocenters. The molecule has 13 nitrogen and oxygen atoms in total. The van der Waals surface area contributed by atoms with E-state index in [2.05, 4.69) is 10.6 Å². The second-order valence-electron chi connectivity index (χ2n) is 8.21. The molecule has 5 atom stereocenters. The molecule has 1 rings (SSSR count). The van der Waals surface area contributed by atoms with E-state index in [9.17, 15) is 34.2 Å². The summed E-state index contributed by atoms with van der Waals surface area (Å²) < 4.78 is 0. The van der Waals surface area contributed by atoms with Crippen LogP contribution in [0.3, 0.4) is 0 Å². The van der Waals surface area contributed by atoms with Crippen LogP contribution >= 0.6 is 0 Å². The van der Waals surface area contributed by atoms with Gasteiger partial charge in [0.2, 0.25) is 23.6 Å². The lowest BCUT2D eigenvalue weighted by atomic mass is 10.1. The van der Waals surface area contributed by atoms with Crippen molar-refractivity contribution in [2.75, 3.05) is 13.1 Å². The number of nitrogens with one attached hydrogen (secondary N) is 2. The number of nitrogens with zero attached hydrogens (tertiary/aromatic N) is 1. The van der Waals surface area contributed by atoms with Gasteiger partial charge in [0.15, 0.2) is 6.04 Å². The molecule has 0 saturated carbocycles. The Morgan fingerprint density at radius 2 is 1.79 bits per heavy atom. The molecule has 0 aromatic rings. The van der Waals surface area contributed by atoms with Gasteiger partial charge < -0.3 is 42.9 Å². The zero-order chi connectivity index (χ0) is 25.1. The molecule has 0 bridgehead atoms. The van der Waals surface area contributed by atoms with Crippen molar-refractivity contribution in [3.8, 4) is 0 Å². The number of carboxylic acids is 1. The first kappa shape index (κ1) is 28.3. The van der Waals surface area contributed by atoms with E-state index in [1.807, 2.05) is 0 Å². The Labute approximate surface area is 192 Å². The van der Waals surface area contributed by atoms with Crippen molar-refractivity contribution in [1.82, 2.24) is 15.5 Å². The van der Waals surface area contributed by atoms with Crippen molar-refractivity contribution in [3.05, 3.63) is 0 Å². The number of aliphatic carboxylic acids is 1. The number of primary amides is 1. The van der Waals surface area contributed by atoms with Gasteiger partial charge in [-0.1, -0.05) is 6.42 Å². The number of carbonyl (C=O) groups excluding carboxylic acids is 4. The molecule has 0 aromatic heterocycles. The van der Waals surface area contributed by atoms with Gasteiger partial charge >= 0.3 is 5.97 Å². The zero-order valence-corrected chi connectivity index (χ0v) is 18.9. The SMILES string of the molecule is CC(O)C(NC(=O)C(CCC(N)=O)NC(=O)C1CCCN1C(=O)C(N)CCCCN)C(=O)O. The molecular weight excluding hydrogens is 436 g/mol. The van der Waals surface area contributed by atoms with Gasteiger partial charge in [-0.05, 0) is 45.6 Å². The highest BCUT2D eigenvalue weighted by Crippen LogP contribution is 2.20. The fraction of sp³-hybridized carbons (Fsp3) is 0.750. The van der Waals surface area contributed by atoms with Crippen molar-refractivity contribution in [2.45, 2.75) is 82.1 Å². The molecule has 10 N–H and O–H groups in total. The standard InChI is InChI=1S/C20H36N6O7/c1-11(27)16(20(32)33)25-17(29)13(7-8-15(23)28)24-18(30)14-6-4-10-26(14)19(31)12(22)5-2-3-9-21/h11-14,16,27H,2-10,21-22H2,1H3,(H2,23,28)(H,24,30)(H,25,29)(H,32,33). The van der Waals surface area contributed by atoms with Crippen molar-refractivity contribution < 1.29 is 34.2 Å². The minimum absolute atomic E-state index is 0.182. The fourth-order valence-electron chi connectivity index (χ4n) is 3.61. The molecule has 33 heavy (non-hydrogen) atoms. The van der Waals surface area contributed by atoms with Crippen molar-refractivity contribution in [2.24, 2.45) is 17.2 Å². The molecule has 1 aliphatic heterocycles. The van der Waals surface area contributed by atoms with E-state index in [0.717, 1.165) is 6.42 Å². The maximum Gasteiger partial charge on any atom is 0.328 e. The van der Waals surface area contributed by atoms with Crippen molar-refractivity contribution in [1.29, 1.82) is 0 Å². The summed E-state index contributed by atoms with van der Waals surface area (Å²) in [4.78, 5) is 62.2. The first-order valence-electron chi connectivity index (χ1n) is 11.1. The van der Waals surface area contributed by atoms with Gasteiger partial charge in [-0.3, -0.25) is 19.2 Å². The van der Waals surface area contributed by atoms with Crippen LogP contribution in [0.25, 0.3) is 0 Å². The summed E-state index contributed by atoms with van der Waals surface area (Å²) >= 11 is 0. The number of carboxylic acid groups (broad SMARTS) is 1. The molecule has 0 spiro atoms. The lowest BCUT2D eigenvalue weighted by Crippen LogP contribution is -2.58. The number of aliphatic hydroxyl groups excluding tert-OH is 1. The number of hydrogen-bond donors (Lipinski definition) is 7. The maximum absolute atomic E-state index is 12.9. The lowest BCUT2D eigenvalue weighted by molar-refractivity contribution is -0.145. The molecule has 13 heteroatoms. The van der Waals surface area contributed by atoms with E-state index in [4.69, 9.17) is 17.2 Å². The predicted octanol–water partition coefficient (Wildman–Crippen LogP) is -2.87. The van der Waals surface area contributed by atoms with Crippen LogP contribution in [0.1, 0.15) is 51.9 Å². The minimum atomic E-state index is -1.61. The number of rotatable bonds is 14. The number of amides is 4. The third-order valence-corrected chi connectivity index (χ3v) is 5.48. The van der Waals surface area contributed by atoms with E-state index in [0.29, 0.717) is 38.8 Å². The van der Waals surface area contributed by atoms with E-state index >= 15 is 0 Å². The Morgan fingerprint density at radius 1 is 1.12 bits per heavy atom. The molecule has 0 radical (unpaired) electrons. The fourth-order valence-corrected chi connectivity index (χ4v) is 3.61. The third kappa shape index (κ3) is 8.94. The van der Waals surface area contributed by atoms with E-state index in [1.54, 1.807) is 0 Å². The predicted molar refractivity (Wildman–Crippen MR) is 117 cm³/mol. The highest BCUT2D eigenvalue weighted by Gasteiger charge is 2.38. The van der Waals surface area contributed by atoms with Gasteiger partial charge in [0.25, 0.3) is 0 Å². The van der Waals surface area contributed by atoms with Crippen LogP contribution in [-0.4, -0.2) is 88.1 Å². The average molecular weight is 473 g/mol. The Kier molecular flexibility index (Phi) is 11.7. The highest BCUT2D eigenvalue weighted by molar-refractivity contribution is 5.94. The monoisotopic (exact) mass is 472 g/mol. The summed E-state index contributed by atoms with van der Waals surface area (Å²) in [6.45, 7) is 2.01. The summed E-state index contributed by atoms with van der Waals surface area (Å²) in [5.41, 5.74) is 16.6. The second-order valence-corrected chi connectivity index (χ2v) is 8.21. The van der Waals surface area contributed by atoms with Crippen LogP contribution in [0.5, 0.6) is 0 Å². The van der Waals surface area contributed by atoms with Crippen LogP contribution in [0.4, 0.5) is 0 Å². The number of hydrogen-bond acceptors (Lipinski definition) is 8. The first-order valence-corrected chi connectivity index (χ1v) is 11.1. The number of nitrogens with two attached hydrogens (primary N) is 3. The van der Waals surface area contributed by atoms with Crippen LogP contribution in [0.2, 0.25) is 0 Å². The Morgan fingerprint density at radius 3 is 2.33 bits per heavy atom. The van der Waals surface area contributed by atoms with Gasteiger partial charge in [0, 0.05) is 13.0 Å². The Hall–Kier alpha value is -2.77. The van der Waals surface area contributed by atoms with Crippen molar-refractivity contribution >= 4 is 29.6 Å². The van der Waals surface area contributed by atoms with Crippen LogP contribution in [0, 0.1) is 0 Å². The zero-order valence-electron chi connectivity index (χ0n) is 18.9. The van der Waals surface area contributed by atoms with Crippen LogP contribution in [-0.2, 0) is 24.0 Å². The van der Waals surface area contributed by atoms with Crippen molar-refractivity contribution in [3.63, 3.8) is 0 Å². The molecule has 1 heterocycles. The number of unbranched alkanes of at least 4 members (excludes halogenated alkanes) is 1. The van der Waals surface area contributed by atoms with E-state index in [1.165, 1.54) is 11.8 Å². The summed E-state index contributed by atoms with van der Waals surface area (Å²) in [6, 6.07) is -4.53. The molecule has 1 aliphatic rings. The summed E-state index contributed by atoms with van der Waals surface area (Å²) in [7, 11) is 0. The van der Waals surface area contributed by atoms with Gasteiger partial charge in [-0.15, -0.1) is 0 Å². The van der Waals surface area contributed by atoms with E-state index < -0.39 is 54.0 Å². The molecular formula is C20H36N6O7. The number of likely N-dealkylation sites (tertiary alicyclic amines) is 1. The smallest absolute Gasteiger partial charge is 0.328 e. The number of aliphatic hydroxyl groups is 1. The highest BCUT2D eigenvalue weighted by atomic mass is 16.4. The normalized spacial score (nSPS) is 19.3. The van der Waals surface area contributed by atoms with Gasteiger partial charge in [0.05, 0.1) is 12.1 Å². The Balaban J connectivity index is 2.89. The quantitative estimate of drug-likeness (QED) is 0.129. The number of carbonyl (C=O) groups is 5. The van der Waals surface area contributed by atoms with Crippen LogP contribution < -0.4 is 27.8 Å². The molecule has 4 amide bonds. The molecule has 0 aliphatic carbocycles. The summed E-state index contributed by atoms with van der Waals surface area (Å²) in [5, 5.41) is 23.4. The minimum Gasteiger partial charge on any atom is -0.480 e. The summed E-state index contributed by atoms with van der Waals surface area (Å²) in [5.74, 6) is -4.07.